The second kappa shape index (κ2) is 11.8. The highest BCUT2D eigenvalue weighted by Gasteiger charge is 2.07. The van der Waals surface area contributed by atoms with Gasteiger partial charge in [0, 0.05) is 21.4 Å². The van der Waals surface area contributed by atoms with Gasteiger partial charge in [-0.2, -0.15) is 0 Å². The van der Waals surface area contributed by atoms with Gasteiger partial charge < -0.3 is 20.3 Å². The summed E-state index contributed by atoms with van der Waals surface area (Å²) in [5, 5.41) is 22.8. The van der Waals surface area contributed by atoms with Crippen molar-refractivity contribution in [3.8, 4) is 5.75 Å². The Bertz CT molecular complexity index is 980. The van der Waals surface area contributed by atoms with Crippen LogP contribution in [0.3, 0.4) is 0 Å². The van der Waals surface area contributed by atoms with E-state index in [9.17, 15) is 9.90 Å². The molecule has 162 valence electrons. The molecule has 3 aromatic carbocycles. The summed E-state index contributed by atoms with van der Waals surface area (Å²) in [5.74, 6) is -0.457. The summed E-state index contributed by atoms with van der Waals surface area (Å²) in [4.78, 5) is 12.7. The molecular weight excluding hydrogens is 434 g/mol. The molecule has 0 aromatic heterocycles. The maximum Gasteiger partial charge on any atom is 0.341 e. The lowest BCUT2D eigenvalue weighted by atomic mass is 10.1. The van der Waals surface area contributed by atoms with Crippen LogP contribution in [-0.4, -0.2) is 35.9 Å². The van der Waals surface area contributed by atoms with E-state index in [0.29, 0.717) is 17.3 Å². The molecule has 0 saturated carbocycles. The zero-order valence-electron chi connectivity index (χ0n) is 16.8. The van der Waals surface area contributed by atoms with Crippen LogP contribution in [0.1, 0.15) is 17.2 Å². The number of nitrogens with one attached hydrogen (secondary N) is 1. The zero-order valence-corrected chi connectivity index (χ0v) is 18.4. The van der Waals surface area contributed by atoms with E-state index >= 15 is 0 Å². The number of aliphatic carboxylic acids is 1. The second-order valence-electron chi connectivity index (χ2n) is 6.92. The minimum absolute atomic E-state index is 0.345. The van der Waals surface area contributed by atoms with Crippen LogP contribution >= 0.6 is 23.4 Å². The molecule has 0 heterocycles. The first-order chi connectivity index (χ1) is 15.0. The monoisotopic (exact) mass is 457 g/mol. The van der Waals surface area contributed by atoms with E-state index in [1.807, 2.05) is 24.3 Å². The number of carbonyl (C=O) groups is 1. The first kappa shape index (κ1) is 23.2. The van der Waals surface area contributed by atoms with Gasteiger partial charge in [0.25, 0.3) is 0 Å². The van der Waals surface area contributed by atoms with Crippen molar-refractivity contribution in [1.29, 1.82) is 0 Å². The van der Waals surface area contributed by atoms with E-state index in [1.54, 1.807) is 36.0 Å². The summed E-state index contributed by atoms with van der Waals surface area (Å²) in [6.45, 7) is 0.894. The van der Waals surface area contributed by atoms with E-state index in [4.69, 9.17) is 21.4 Å². The van der Waals surface area contributed by atoms with E-state index in [1.165, 1.54) is 5.56 Å². The molecule has 0 aliphatic carbocycles. The maximum absolute atomic E-state index is 10.5. The van der Waals surface area contributed by atoms with Crippen LogP contribution in [-0.2, 0) is 11.2 Å². The van der Waals surface area contributed by atoms with Gasteiger partial charge in [-0.05, 0) is 72.6 Å². The quantitative estimate of drug-likeness (QED) is 0.358. The normalized spacial score (nSPS) is 11.8. The van der Waals surface area contributed by atoms with E-state index in [0.717, 1.165) is 28.3 Å². The Kier molecular flexibility index (Phi) is 8.79. The van der Waals surface area contributed by atoms with Crippen molar-refractivity contribution in [3.63, 3.8) is 0 Å². The van der Waals surface area contributed by atoms with Crippen LogP contribution < -0.4 is 10.1 Å². The van der Waals surface area contributed by atoms with Gasteiger partial charge in [0.05, 0.1) is 6.10 Å². The van der Waals surface area contributed by atoms with Gasteiger partial charge in [-0.15, -0.1) is 0 Å². The largest absolute Gasteiger partial charge is 0.482 e. The highest BCUT2D eigenvalue weighted by atomic mass is 35.5. The number of aliphatic hydroxyl groups is 1. The molecule has 0 aliphatic rings. The van der Waals surface area contributed by atoms with Gasteiger partial charge in [-0.1, -0.05) is 47.6 Å². The van der Waals surface area contributed by atoms with Crippen LogP contribution in [0.4, 0.5) is 0 Å². The Hall–Kier alpha value is -2.51. The lowest BCUT2D eigenvalue weighted by Gasteiger charge is -2.12. The number of hydrogen-bond acceptors (Lipinski definition) is 5. The van der Waals surface area contributed by atoms with Gasteiger partial charge in [-0.25, -0.2) is 4.79 Å². The number of carboxylic acids is 1. The molecule has 0 unspecified atom stereocenters. The van der Waals surface area contributed by atoms with Crippen molar-refractivity contribution in [3.05, 3.63) is 88.9 Å². The van der Waals surface area contributed by atoms with Gasteiger partial charge in [0.1, 0.15) is 5.75 Å². The molecule has 1 atom stereocenters. The molecule has 0 radical (unpaired) electrons. The molecular formula is C24H24ClNO4S. The number of carboxylic acid groups (broad SMARTS) is 1. The van der Waals surface area contributed by atoms with Crippen molar-refractivity contribution in [2.75, 3.05) is 19.7 Å². The molecule has 0 bridgehead atoms. The van der Waals surface area contributed by atoms with E-state index in [-0.39, 0.29) is 6.61 Å². The van der Waals surface area contributed by atoms with E-state index < -0.39 is 12.1 Å². The van der Waals surface area contributed by atoms with Gasteiger partial charge in [0.15, 0.2) is 6.61 Å². The van der Waals surface area contributed by atoms with Crippen molar-refractivity contribution < 1.29 is 19.7 Å². The summed E-state index contributed by atoms with van der Waals surface area (Å²) >= 11 is 7.59. The minimum Gasteiger partial charge on any atom is -0.482 e. The van der Waals surface area contributed by atoms with Crippen LogP contribution in [0.2, 0.25) is 5.02 Å². The summed E-state index contributed by atoms with van der Waals surface area (Å²) < 4.78 is 5.14. The minimum atomic E-state index is -0.994. The molecule has 0 fully saturated rings. The van der Waals surface area contributed by atoms with Crippen LogP contribution in [0.5, 0.6) is 5.75 Å². The van der Waals surface area contributed by atoms with Crippen molar-refractivity contribution >= 4 is 29.3 Å². The standard InChI is InChI=1S/C24H24ClNO4S/c25-19-3-1-2-18(14-19)23(27)15-26-13-12-17-4-8-21(9-5-17)31-22-10-6-20(7-11-22)30-16-24(28)29/h1-11,14,23,26-27H,12-13,15-16H2,(H,28,29)/t23-/m1/s1. The Morgan fingerprint density at radius 3 is 2.35 bits per heavy atom. The molecule has 0 amide bonds. The predicted octanol–water partition coefficient (Wildman–Crippen LogP) is 4.82. The number of rotatable bonds is 11. The Morgan fingerprint density at radius 2 is 1.71 bits per heavy atom. The van der Waals surface area contributed by atoms with Crippen LogP contribution in [0.25, 0.3) is 0 Å². The first-order valence-electron chi connectivity index (χ1n) is 9.85. The SMILES string of the molecule is O=C(O)COc1ccc(Sc2ccc(CCNC[C@@H](O)c3cccc(Cl)c3)cc2)cc1. The number of ether oxygens (including phenoxy) is 1. The fourth-order valence-corrected chi connectivity index (χ4v) is 3.93. The molecule has 0 spiro atoms. The molecule has 3 N–H and O–H groups in total. The van der Waals surface area contributed by atoms with Gasteiger partial charge in [-0.3, -0.25) is 0 Å². The summed E-state index contributed by atoms with van der Waals surface area (Å²) in [5.41, 5.74) is 2.02. The Morgan fingerprint density at radius 1 is 1.03 bits per heavy atom. The molecule has 5 nitrogen and oxygen atoms in total. The summed E-state index contributed by atoms with van der Waals surface area (Å²) in [6.07, 6.45) is 0.279. The fourth-order valence-electron chi connectivity index (χ4n) is 2.91. The average Bonchev–Trinajstić information content (AvgIpc) is 2.77. The van der Waals surface area contributed by atoms with Crippen molar-refractivity contribution in [2.45, 2.75) is 22.3 Å². The third-order valence-electron chi connectivity index (χ3n) is 4.51. The highest BCUT2D eigenvalue weighted by Crippen LogP contribution is 2.29. The van der Waals surface area contributed by atoms with E-state index in [2.05, 4.69) is 29.6 Å². The molecule has 3 aromatic rings. The zero-order chi connectivity index (χ0) is 22.1. The number of halogens is 1. The molecule has 3 rings (SSSR count). The Balaban J connectivity index is 1.41. The highest BCUT2D eigenvalue weighted by molar-refractivity contribution is 7.99. The smallest absolute Gasteiger partial charge is 0.341 e. The molecule has 7 heteroatoms. The maximum atomic E-state index is 10.5. The number of aliphatic hydroxyl groups excluding tert-OH is 1. The third kappa shape index (κ3) is 7.92. The van der Waals surface area contributed by atoms with Gasteiger partial charge >= 0.3 is 5.97 Å². The van der Waals surface area contributed by atoms with Crippen LogP contribution in [0.15, 0.2) is 82.6 Å². The Labute approximate surface area is 191 Å². The lowest BCUT2D eigenvalue weighted by molar-refractivity contribution is -0.139. The number of hydrogen-bond donors (Lipinski definition) is 3. The first-order valence-corrected chi connectivity index (χ1v) is 11.0. The topological polar surface area (TPSA) is 78.8 Å². The van der Waals surface area contributed by atoms with Crippen molar-refractivity contribution in [1.82, 2.24) is 5.32 Å². The van der Waals surface area contributed by atoms with Crippen LogP contribution in [0, 0.1) is 0 Å². The summed E-state index contributed by atoms with van der Waals surface area (Å²) in [6, 6.07) is 23.0. The summed E-state index contributed by atoms with van der Waals surface area (Å²) in [7, 11) is 0. The number of benzene rings is 3. The molecule has 0 saturated heterocycles. The van der Waals surface area contributed by atoms with Crippen molar-refractivity contribution in [2.24, 2.45) is 0 Å². The third-order valence-corrected chi connectivity index (χ3v) is 5.76. The molecule has 31 heavy (non-hydrogen) atoms. The second-order valence-corrected chi connectivity index (χ2v) is 8.51. The van der Waals surface area contributed by atoms with Gasteiger partial charge in [0.2, 0.25) is 0 Å². The molecule has 0 aliphatic heterocycles. The predicted molar refractivity (Wildman–Crippen MR) is 123 cm³/mol. The lowest BCUT2D eigenvalue weighted by Crippen LogP contribution is -2.23. The average molecular weight is 458 g/mol. The fraction of sp³-hybridized carbons (Fsp3) is 0.208.